The normalized spacial score (nSPS) is 17.3. The van der Waals surface area contributed by atoms with E-state index in [0.717, 1.165) is 24.8 Å². The van der Waals surface area contributed by atoms with Gasteiger partial charge in [-0.1, -0.05) is 24.3 Å². The summed E-state index contributed by atoms with van der Waals surface area (Å²) in [7, 11) is 0. The Bertz CT molecular complexity index is 639. The molecule has 0 spiro atoms. The largest absolute Gasteiger partial charge is 0.396 e. The number of carbonyl (C=O) groups is 1. The molecule has 0 aliphatic heterocycles. The number of fused-ring (bicyclic) bond motifs is 1. The van der Waals surface area contributed by atoms with Crippen LogP contribution in [-0.4, -0.2) is 10.9 Å². The van der Waals surface area contributed by atoms with E-state index in [0.29, 0.717) is 11.4 Å². The minimum atomic E-state index is -0.0903. The lowest BCUT2D eigenvalue weighted by molar-refractivity contribution is -0.117. The minimum absolute atomic E-state index is 0.00931. The van der Waals surface area contributed by atoms with Gasteiger partial charge in [0.15, 0.2) is 0 Å². The Morgan fingerprint density at radius 1 is 1.30 bits per heavy atom. The predicted octanol–water partition coefficient (Wildman–Crippen LogP) is 2.72. The van der Waals surface area contributed by atoms with Gasteiger partial charge in [-0.25, -0.2) is 0 Å². The number of hydrogen-bond acceptors (Lipinski definition) is 3. The van der Waals surface area contributed by atoms with Crippen LogP contribution in [0.25, 0.3) is 0 Å². The van der Waals surface area contributed by atoms with Crippen LogP contribution in [0.3, 0.4) is 0 Å². The molecule has 1 aromatic carbocycles. The highest BCUT2D eigenvalue weighted by Gasteiger charge is 2.26. The van der Waals surface area contributed by atoms with Crippen LogP contribution in [0.15, 0.2) is 42.7 Å². The van der Waals surface area contributed by atoms with Gasteiger partial charge < -0.3 is 11.1 Å². The number of nitrogen functional groups attached to an aromatic ring is 1. The number of benzene rings is 1. The molecule has 102 valence electrons. The zero-order chi connectivity index (χ0) is 13.9. The van der Waals surface area contributed by atoms with E-state index in [9.17, 15) is 4.79 Å². The summed E-state index contributed by atoms with van der Waals surface area (Å²) in [6.45, 7) is 0. The quantitative estimate of drug-likeness (QED) is 0.879. The fourth-order valence-corrected chi connectivity index (χ4v) is 2.77. The third-order valence-corrected chi connectivity index (χ3v) is 3.80. The smallest absolute Gasteiger partial charge is 0.231 e. The molecule has 1 aromatic heterocycles. The van der Waals surface area contributed by atoms with Gasteiger partial charge in [0.25, 0.3) is 0 Å². The van der Waals surface area contributed by atoms with E-state index in [-0.39, 0.29) is 11.8 Å². The lowest BCUT2D eigenvalue weighted by atomic mass is 9.82. The van der Waals surface area contributed by atoms with Gasteiger partial charge in [-0.05, 0) is 36.5 Å². The molecule has 1 atom stereocenters. The van der Waals surface area contributed by atoms with Crippen LogP contribution < -0.4 is 11.1 Å². The van der Waals surface area contributed by atoms with Gasteiger partial charge >= 0.3 is 0 Å². The SMILES string of the molecule is Nc1cnccc1NC(=O)C1CCCc2ccccc21. The maximum atomic E-state index is 12.5. The van der Waals surface area contributed by atoms with E-state index in [4.69, 9.17) is 5.73 Å². The zero-order valence-electron chi connectivity index (χ0n) is 11.2. The average molecular weight is 267 g/mol. The number of anilines is 2. The molecule has 1 aliphatic rings. The van der Waals surface area contributed by atoms with Crippen molar-refractivity contribution in [3.8, 4) is 0 Å². The molecule has 20 heavy (non-hydrogen) atoms. The fourth-order valence-electron chi connectivity index (χ4n) is 2.77. The molecule has 0 radical (unpaired) electrons. The summed E-state index contributed by atoms with van der Waals surface area (Å²) in [6, 6.07) is 9.90. The van der Waals surface area contributed by atoms with Gasteiger partial charge in [-0.3, -0.25) is 9.78 Å². The molecule has 1 unspecified atom stereocenters. The van der Waals surface area contributed by atoms with Gasteiger partial charge in [0, 0.05) is 6.20 Å². The number of carbonyl (C=O) groups excluding carboxylic acids is 1. The molecule has 0 bridgehead atoms. The van der Waals surface area contributed by atoms with E-state index in [1.54, 1.807) is 18.5 Å². The van der Waals surface area contributed by atoms with Gasteiger partial charge in [0.05, 0.1) is 23.5 Å². The molecule has 2 aromatic rings. The van der Waals surface area contributed by atoms with Crippen LogP contribution in [-0.2, 0) is 11.2 Å². The second-order valence-electron chi connectivity index (χ2n) is 5.10. The molecule has 0 fully saturated rings. The Hall–Kier alpha value is -2.36. The maximum absolute atomic E-state index is 12.5. The summed E-state index contributed by atoms with van der Waals surface area (Å²) >= 11 is 0. The lowest BCUT2D eigenvalue weighted by Crippen LogP contribution is -2.25. The van der Waals surface area contributed by atoms with E-state index in [2.05, 4.69) is 22.4 Å². The maximum Gasteiger partial charge on any atom is 0.231 e. The lowest BCUT2D eigenvalue weighted by Gasteiger charge is -2.24. The van der Waals surface area contributed by atoms with Crippen LogP contribution in [0.5, 0.6) is 0 Å². The van der Waals surface area contributed by atoms with Crippen molar-refractivity contribution >= 4 is 17.3 Å². The number of aryl methyl sites for hydroxylation is 1. The summed E-state index contributed by atoms with van der Waals surface area (Å²) in [5, 5.41) is 2.92. The van der Waals surface area contributed by atoms with E-state index in [1.165, 1.54) is 5.56 Å². The highest BCUT2D eigenvalue weighted by Crippen LogP contribution is 2.32. The highest BCUT2D eigenvalue weighted by molar-refractivity contribution is 5.98. The van der Waals surface area contributed by atoms with Crippen LogP contribution in [0.1, 0.15) is 29.9 Å². The number of hydrogen-bond donors (Lipinski definition) is 2. The number of aromatic nitrogens is 1. The Labute approximate surface area is 118 Å². The third-order valence-electron chi connectivity index (χ3n) is 3.80. The zero-order valence-corrected chi connectivity index (χ0v) is 11.2. The number of pyridine rings is 1. The summed E-state index contributed by atoms with van der Waals surface area (Å²) in [6.07, 6.45) is 6.15. The van der Waals surface area contributed by atoms with Gasteiger partial charge in [-0.2, -0.15) is 0 Å². The molecule has 4 nitrogen and oxygen atoms in total. The monoisotopic (exact) mass is 267 g/mol. The van der Waals surface area contributed by atoms with Crippen molar-refractivity contribution in [2.45, 2.75) is 25.2 Å². The molecular weight excluding hydrogens is 250 g/mol. The van der Waals surface area contributed by atoms with Crippen LogP contribution in [0.4, 0.5) is 11.4 Å². The molecule has 4 heteroatoms. The molecule has 0 saturated heterocycles. The number of nitrogens with two attached hydrogens (primary N) is 1. The number of amides is 1. The van der Waals surface area contributed by atoms with Crippen molar-refractivity contribution in [2.24, 2.45) is 0 Å². The second kappa shape index (κ2) is 5.33. The van der Waals surface area contributed by atoms with Crippen molar-refractivity contribution in [2.75, 3.05) is 11.1 Å². The Kier molecular flexibility index (Phi) is 3.37. The van der Waals surface area contributed by atoms with Crippen molar-refractivity contribution in [1.29, 1.82) is 0 Å². The summed E-state index contributed by atoms with van der Waals surface area (Å²) < 4.78 is 0. The first-order valence-corrected chi connectivity index (χ1v) is 6.84. The Morgan fingerprint density at radius 2 is 2.15 bits per heavy atom. The Morgan fingerprint density at radius 3 is 3.00 bits per heavy atom. The highest BCUT2D eigenvalue weighted by atomic mass is 16.1. The summed E-state index contributed by atoms with van der Waals surface area (Å²) in [5.41, 5.74) is 9.36. The molecule has 1 heterocycles. The first-order valence-electron chi connectivity index (χ1n) is 6.84. The van der Waals surface area contributed by atoms with E-state index in [1.807, 2.05) is 12.1 Å². The second-order valence-corrected chi connectivity index (χ2v) is 5.10. The first kappa shape index (κ1) is 12.7. The first-order chi connectivity index (χ1) is 9.75. The average Bonchev–Trinajstić information content (AvgIpc) is 2.49. The molecule has 3 rings (SSSR count). The fraction of sp³-hybridized carbons (Fsp3) is 0.250. The van der Waals surface area contributed by atoms with Crippen molar-refractivity contribution in [1.82, 2.24) is 4.98 Å². The molecule has 0 saturated carbocycles. The number of nitrogens with zero attached hydrogens (tertiary/aromatic N) is 1. The van der Waals surface area contributed by atoms with Crippen LogP contribution in [0, 0.1) is 0 Å². The molecule has 3 N–H and O–H groups in total. The van der Waals surface area contributed by atoms with E-state index >= 15 is 0 Å². The summed E-state index contributed by atoms with van der Waals surface area (Å²) in [4.78, 5) is 16.4. The van der Waals surface area contributed by atoms with E-state index < -0.39 is 0 Å². The standard InChI is InChI=1S/C16H17N3O/c17-14-10-18-9-8-15(14)19-16(20)13-7-3-5-11-4-1-2-6-12(11)13/h1-2,4,6,8-10,13H,3,5,7,17H2,(H,18,19,20). The van der Waals surface area contributed by atoms with Crippen LogP contribution >= 0.6 is 0 Å². The minimum Gasteiger partial charge on any atom is -0.396 e. The number of nitrogens with one attached hydrogen (secondary N) is 1. The number of rotatable bonds is 2. The molecule has 1 amide bonds. The van der Waals surface area contributed by atoms with Crippen molar-refractivity contribution < 1.29 is 4.79 Å². The topological polar surface area (TPSA) is 68.0 Å². The summed E-state index contributed by atoms with van der Waals surface area (Å²) in [5.74, 6) is -0.0810. The van der Waals surface area contributed by atoms with Crippen molar-refractivity contribution in [3.05, 3.63) is 53.9 Å². The molecular formula is C16H17N3O. The van der Waals surface area contributed by atoms with Gasteiger partial charge in [0.2, 0.25) is 5.91 Å². The van der Waals surface area contributed by atoms with Gasteiger partial charge in [0.1, 0.15) is 0 Å². The molecule has 1 aliphatic carbocycles. The Balaban J connectivity index is 1.84. The predicted molar refractivity (Wildman–Crippen MR) is 79.4 cm³/mol. The third kappa shape index (κ3) is 2.37. The van der Waals surface area contributed by atoms with Crippen LogP contribution in [0.2, 0.25) is 0 Å². The van der Waals surface area contributed by atoms with Gasteiger partial charge in [-0.15, -0.1) is 0 Å². The van der Waals surface area contributed by atoms with Crippen molar-refractivity contribution in [3.63, 3.8) is 0 Å².